The maximum atomic E-state index is 12.0. The number of hydrogen-bond donors (Lipinski definition) is 3. The van der Waals surface area contributed by atoms with Gasteiger partial charge >= 0.3 is 0 Å². The molecule has 0 aliphatic heterocycles. The SMILES string of the molecule is COc1cc(N)cc(C(=O)Nc2cccc(O)c2)c1. The molecule has 0 spiro atoms. The lowest BCUT2D eigenvalue weighted by Crippen LogP contribution is -2.12. The van der Waals surface area contributed by atoms with Crippen LogP contribution >= 0.6 is 0 Å². The van der Waals surface area contributed by atoms with Crippen molar-refractivity contribution >= 4 is 17.3 Å². The molecule has 2 aromatic rings. The summed E-state index contributed by atoms with van der Waals surface area (Å²) in [5.74, 6) is 0.278. The molecule has 5 nitrogen and oxygen atoms in total. The van der Waals surface area contributed by atoms with Crippen molar-refractivity contribution < 1.29 is 14.6 Å². The molecule has 0 unspecified atom stereocenters. The van der Waals surface area contributed by atoms with Crippen LogP contribution in [0.1, 0.15) is 10.4 Å². The van der Waals surface area contributed by atoms with Crippen LogP contribution in [0.5, 0.6) is 11.5 Å². The molecule has 0 saturated heterocycles. The number of nitrogen functional groups attached to an aromatic ring is 1. The van der Waals surface area contributed by atoms with Crippen LogP contribution in [0.2, 0.25) is 0 Å². The highest BCUT2D eigenvalue weighted by Gasteiger charge is 2.09. The Kier molecular flexibility index (Phi) is 3.56. The predicted molar refractivity (Wildman–Crippen MR) is 73.5 cm³/mol. The molecule has 98 valence electrons. The molecule has 2 aromatic carbocycles. The van der Waals surface area contributed by atoms with Crippen molar-refractivity contribution in [2.45, 2.75) is 0 Å². The van der Waals surface area contributed by atoms with Gasteiger partial charge in [0.05, 0.1) is 7.11 Å². The molecule has 0 heterocycles. The number of amides is 1. The number of phenols is 1. The highest BCUT2D eigenvalue weighted by molar-refractivity contribution is 6.05. The smallest absolute Gasteiger partial charge is 0.255 e. The first-order valence-corrected chi connectivity index (χ1v) is 5.63. The third-order valence-corrected chi connectivity index (χ3v) is 2.53. The van der Waals surface area contributed by atoms with E-state index in [0.29, 0.717) is 22.7 Å². The number of rotatable bonds is 3. The zero-order valence-corrected chi connectivity index (χ0v) is 10.4. The minimum absolute atomic E-state index is 0.0861. The lowest BCUT2D eigenvalue weighted by molar-refractivity contribution is 0.102. The lowest BCUT2D eigenvalue weighted by atomic mass is 10.1. The standard InChI is InChI=1S/C14H14N2O3/c1-19-13-6-9(5-10(15)7-13)14(18)16-11-3-2-4-12(17)8-11/h2-8,17H,15H2,1H3,(H,16,18). The van der Waals surface area contributed by atoms with Crippen LogP contribution in [0.25, 0.3) is 0 Å². The summed E-state index contributed by atoms with van der Waals surface area (Å²) in [6, 6.07) is 11.1. The summed E-state index contributed by atoms with van der Waals surface area (Å²) in [7, 11) is 1.51. The van der Waals surface area contributed by atoms with Gasteiger partial charge in [0.1, 0.15) is 11.5 Å². The maximum absolute atomic E-state index is 12.0. The van der Waals surface area contributed by atoms with Crippen molar-refractivity contribution in [3.63, 3.8) is 0 Å². The van der Waals surface area contributed by atoms with E-state index in [1.165, 1.54) is 19.2 Å². The van der Waals surface area contributed by atoms with Gasteiger partial charge in [0.2, 0.25) is 0 Å². The Labute approximate surface area is 110 Å². The minimum atomic E-state index is -0.323. The fraction of sp³-hybridized carbons (Fsp3) is 0.0714. The van der Waals surface area contributed by atoms with Crippen molar-refractivity contribution in [3.8, 4) is 11.5 Å². The number of benzene rings is 2. The number of methoxy groups -OCH3 is 1. The van der Waals surface area contributed by atoms with Gasteiger partial charge in [0.15, 0.2) is 0 Å². The van der Waals surface area contributed by atoms with Crippen LogP contribution in [0.3, 0.4) is 0 Å². The van der Waals surface area contributed by atoms with Gasteiger partial charge in [-0.25, -0.2) is 0 Å². The summed E-state index contributed by atoms with van der Waals surface area (Å²) in [5.41, 5.74) is 7.03. The molecule has 4 N–H and O–H groups in total. The van der Waals surface area contributed by atoms with Crippen molar-refractivity contribution in [1.29, 1.82) is 0 Å². The Morgan fingerprint density at radius 1 is 1.26 bits per heavy atom. The molecule has 0 saturated carbocycles. The van der Waals surface area contributed by atoms with Gasteiger partial charge in [-0.2, -0.15) is 0 Å². The summed E-state index contributed by atoms with van der Waals surface area (Å²) in [6.45, 7) is 0. The number of carbonyl (C=O) groups excluding carboxylic acids is 1. The summed E-state index contributed by atoms with van der Waals surface area (Å²) < 4.78 is 5.06. The Hall–Kier alpha value is -2.69. The fourth-order valence-electron chi connectivity index (χ4n) is 1.66. The predicted octanol–water partition coefficient (Wildman–Crippen LogP) is 2.24. The molecule has 0 aliphatic rings. The summed E-state index contributed by atoms with van der Waals surface area (Å²) >= 11 is 0. The lowest BCUT2D eigenvalue weighted by Gasteiger charge is -2.08. The molecule has 0 fully saturated rings. The first-order chi connectivity index (χ1) is 9.08. The van der Waals surface area contributed by atoms with E-state index in [4.69, 9.17) is 10.5 Å². The van der Waals surface area contributed by atoms with E-state index < -0.39 is 0 Å². The van der Waals surface area contributed by atoms with Crippen LogP contribution in [0.4, 0.5) is 11.4 Å². The molecule has 0 aromatic heterocycles. The topological polar surface area (TPSA) is 84.6 Å². The normalized spacial score (nSPS) is 9.95. The van der Waals surface area contributed by atoms with Crippen LogP contribution in [-0.4, -0.2) is 18.1 Å². The van der Waals surface area contributed by atoms with E-state index in [-0.39, 0.29) is 11.7 Å². The van der Waals surface area contributed by atoms with E-state index >= 15 is 0 Å². The Morgan fingerprint density at radius 2 is 2.05 bits per heavy atom. The third-order valence-electron chi connectivity index (χ3n) is 2.53. The molecular formula is C14H14N2O3. The van der Waals surface area contributed by atoms with Crippen molar-refractivity contribution in [3.05, 3.63) is 48.0 Å². The molecular weight excluding hydrogens is 244 g/mol. The largest absolute Gasteiger partial charge is 0.508 e. The minimum Gasteiger partial charge on any atom is -0.508 e. The summed E-state index contributed by atoms with van der Waals surface area (Å²) in [5, 5.41) is 12.0. The highest BCUT2D eigenvalue weighted by atomic mass is 16.5. The van der Waals surface area contributed by atoms with E-state index in [1.54, 1.807) is 30.3 Å². The van der Waals surface area contributed by atoms with Crippen molar-refractivity contribution in [2.75, 3.05) is 18.2 Å². The molecule has 2 rings (SSSR count). The number of nitrogens with one attached hydrogen (secondary N) is 1. The Bertz CT molecular complexity index is 611. The van der Waals surface area contributed by atoms with Crippen LogP contribution in [-0.2, 0) is 0 Å². The van der Waals surface area contributed by atoms with Gasteiger partial charge in [-0.3, -0.25) is 4.79 Å². The Morgan fingerprint density at radius 3 is 2.74 bits per heavy atom. The van der Waals surface area contributed by atoms with Gasteiger partial charge in [0, 0.05) is 29.1 Å². The molecule has 0 atom stereocenters. The second-order valence-electron chi connectivity index (χ2n) is 4.00. The molecule has 0 bridgehead atoms. The van der Waals surface area contributed by atoms with Gasteiger partial charge in [-0.15, -0.1) is 0 Å². The van der Waals surface area contributed by atoms with Crippen molar-refractivity contribution in [2.24, 2.45) is 0 Å². The molecule has 1 amide bonds. The number of anilines is 2. The fourth-order valence-corrected chi connectivity index (χ4v) is 1.66. The van der Waals surface area contributed by atoms with E-state index in [0.717, 1.165) is 0 Å². The zero-order valence-electron chi connectivity index (χ0n) is 10.4. The van der Waals surface area contributed by atoms with Crippen LogP contribution in [0.15, 0.2) is 42.5 Å². The summed E-state index contributed by atoms with van der Waals surface area (Å²) in [6.07, 6.45) is 0. The second kappa shape index (κ2) is 5.30. The van der Waals surface area contributed by atoms with Crippen LogP contribution < -0.4 is 15.8 Å². The number of phenolic OH excluding ortho intramolecular Hbond substituents is 1. The maximum Gasteiger partial charge on any atom is 0.255 e. The average Bonchev–Trinajstić information content (AvgIpc) is 2.38. The zero-order chi connectivity index (χ0) is 13.8. The molecule has 5 heteroatoms. The van der Waals surface area contributed by atoms with E-state index in [9.17, 15) is 9.90 Å². The molecule has 19 heavy (non-hydrogen) atoms. The van der Waals surface area contributed by atoms with Gasteiger partial charge in [0.25, 0.3) is 5.91 Å². The second-order valence-corrected chi connectivity index (χ2v) is 4.00. The van der Waals surface area contributed by atoms with Gasteiger partial charge in [-0.05, 0) is 24.3 Å². The number of ether oxygens (including phenoxy) is 1. The van der Waals surface area contributed by atoms with Crippen LogP contribution in [0, 0.1) is 0 Å². The monoisotopic (exact) mass is 258 g/mol. The van der Waals surface area contributed by atoms with E-state index in [2.05, 4.69) is 5.32 Å². The van der Waals surface area contributed by atoms with Gasteiger partial charge in [-0.1, -0.05) is 6.07 Å². The van der Waals surface area contributed by atoms with Gasteiger partial charge < -0.3 is 20.9 Å². The number of hydrogen-bond acceptors (Lipinski definition) is 4. The highest BCUT2D eigenvalue weighted by Crippen LogP contribution is 2.20. The first-order valence-electron chi connectivity index (χ1n) is 5.63. The van der Waals surface area contributed by atoms with E-state index in [1.807, 2.05) is 0 Å². The van der Waals surface area contributed by atoms with Crippen molar-refractivity contribution in [1.82, 2.24) is 0 Å². The first kappa shape index (κ1) is 12.8. The molecule has 0 radical (unpaired) electrons. The number of carbonyl (C=O) groups is 1. The molecule has 0 aliphatic carbocycles. The quantitative estimate of drug-likeness (QED) is 0.737. The average molecular weight is 258 g/mol. The third kappa shape index (κ3) is 3.16. The Balaban J connectivity index is 2.22. The summed E-state index contributed by atoms with van der Waals surface area (Å²) in [4.78, 5) is 12.0. The number of aromatic hydroxyl groups is 1. The number of nitrogens with two attached hydrogens (primary N) is 1.